The third-order valence-electron chi connectivity index (χ3n) is 4.84. The van der Waals surface area contributed by atoms with E-state index in [4.69, 9.17) is 9.47 Å². The molecule has 0 spiro atoms. The van der Waals surface area contributed by atoms with Gasteiger partial charge in [0, 0.05) is 24.3 Å². The molecule has 0 saturated carbocycles. The second kappa shape index (κ2) is 9.18. The molecule has 0 aliphatic carbocycles. The van der Waals surface area contributed by atoms with Crippen LogP contribution in [0.5, 0.6) is 5.88 Å². The molecule has 0 bridgehead atoms. The van der Waals surface area contributed by atoms with Crippen molar-refractivity contribution in [3.8, 4) is 16.3 Å². The molecule has 11 heteroatoms. The van der Waals surface area contributed by atoms with Gasteiger partial charge in [0.25, 0.3) is 5.91 Å². The van der Waals surface area contributed by atoms with Gasteiger partial charge in [-0.2, -0.15) is 5.10 Å². The normalized spacial score (nSPS) is 15.7. The molecule has 3 aromatic rings. The van der Waals surface area contributed by atoms with Gasteiger partial charge in [0.05, 0.1) is 41.0 Å². The van der Waals surface area contributed by atoms with Crippen LogP contribution in [0.4, 0.5) is 4.79 Å². The van der Waals surface area contributed by atoms with E-state index in [9.17, 15) is 9.59 Å². The van der Waals surface area contributed by atoms with Crippen LogP contribution >= 0.6 is 11.3 Å². The number of nitrogens with zero attached hydrogens (tertiary/aromatic N) is 3. The second-order valence-corrected chi connectivity index (χ2v) is 9.66. The Hall–Kier alpha value is -3.86. The third-order valence-corrected chi connectivity index (χ3v) is 5.99. The Morgan fingerprint density at radius 2 is 2.06 bits per heavy atom. The first-order valence-electron chi connectivity index (χ1n) is 10.6. The Bertz CT molecular complexity index is 1300. The molecule has 4 rings (SSSR count). The molecule has 178 valence electrons. The minimum absolute atomic E-state index is 0.169. The summed E-state index contributed by atoms with van der Waals surface area (Å²) in [6.45, 7) is 7.27. The van der Waals surface area contributed by atoms with Crippen LogP contribution in [0.1, 0.15) is 38.1 Å². The van der Waals surface area contributed by atoms with E-state index in [0.717, 1.165) is 10.4 Å². The first-order chi connectivity index (χ1) is 16.1. The molecule has 3 aromatic heterocycles. The van der Waals surface area contributed by atoms with Gasteiger partial charge >= 0.3 is 6.09 Å². The summed E-state index contributed by atoms with van der Waals surface area (Å²) in [6.07, 6.45) is 7.81. The highest BCUT2D eigenvalue weighted by molar-refractivity contribution is 7.21. The third kappa shape index (κ3) is 5.04. The smallest absolute Gasteiger partial charge is 0.412 e. The number of hydrogen-bond donors (Lipinski definition) is 3. The molecule has 0 aromatic carbocycles. The lowest BCUT2D eigenvalue weighted by Gasteiger charge is -2.24. The highest BCUT2D eigenvalue weighted by atomic mass is 32.1. The van der Waals surface area contributed by atoms with Crippen LogP contribution in [0.25, 0.3) is 15.3 Å². The molecule has 3 N–H and O–H groups in total. The minimum Gasteiger partial charge on any atom is -0.481 e. The van der Waals surface area contributed by atoms with Gasteiger partial charge in [0.1, 0.15) is 10.4 Å². The van der Waals surface area contributed by atoms with Crippen molar-refractivity contribution < 1.29 is 19.1 Å². The maximum Gasteiger partial charge on any atom is 0.412 e. The molecule has 0 fully saturated rings. The van der Waals surface area contributed by atoms with Crippen molar-refractivity contribution >= 4 is 28.2 Å². The fraction of sp³-hybridized carbons (Fsp3) is 0.304. The summed E-state index contributed by atoms with van der Waals surface area (Å²) >= 11 is 1.42. The van der Waals surface area contributed by atoms with Crippen molar-refractivity contribution in [2.45, 2.75) is 39.3 Å². The Morgan fingerprint density at radius 3 is 2.79 bits per heavy atom. The number of hydrogen-bond acceptors (Lipinski definition) is 8. The number of rotatable bonds is 5. The maximum atomic E-state index is 13.1. The lowest BCUT2D eigenvalue weighted by atomic mass is 10.1. The molecule has 34 heavy (non-hydrogen) atoms. The van der Waals surface area contributed by atoms with Crippen LogP contribution in [0.15, 0.2) is 54.4 Å². The summed E-state index contributed by atoms with van der Waals surface area (Å²) < 4.78 is 12.3. The zero-order valence-corrected chi connectivity index (χ0v) is 20.3. The van der Waals surface area contributed by atoms with E-state index in [2.05, 4.69) is 26.0 Å². The van der Waals surface area contributed by atoms with Crippen LogP contribution in [-0.4, -0.2) is 45.4 Å². The number of fused-ring (bicyclic) bond motifs is 1. The van der Waals surface area contributed by atoms with Crippen LogP contribution in [0.2, 0.25) is 0 Å². The van der Waals surface area contributed by atoms with E-state index in [1.807, 2.05) is 25.3 Å². The van der Waals surface area contributed by atoms with Crippen LogP contribution < -0.4 is 20.7 Å². The van der Waals surface area contributed by atoms with Crippen molar-refractivity contribution in [2.24, 2.45) is 0 Å². The van der Waals surface area contributed by atoms with E-state index in [1.165, 1.54) is 17.5 Å². The first kappa shape index (κ1) is 23.3. The maximum absolute atomic E-state index is 13.1. The molecule has 1 unspecified atom stereocenters. The summed E-state index contributed by atoms with van der Waals surface area (Å²) in [5.41, 5.74) is 1.72. The van der Waals surface area contributed by atoms with Gasteiger partial charge in [-0.3, -0.25) is 10.1 Å². The molecule has 10 nitrogen and oxygen atoms in total. The predicted molar refractivity (Wildman–Crippen MR) is 128 cm³/mol. The van der Waals surface area contributed by atoms with Crippen molar-refractivity contribution in [3.63, 3.8) is 0 Å². The van der Waals surface area contributed by atoms with Gasteiger partial charge in [-0.25, -0.2) is 14.3 Å². The molecule has 1 aliphatic rings. The van der Waals surface area contributed by atoms with E-state index in [1.54, 1.807) is 50.9 Å². The molecule has 2 amide bonds. The second-order valence-electron chi connectivity index (χ2n) is 8.63. The molecular formula is C23H26N6O4S. The Morgan fingerprint density at radius 1 is 1.26 bits per heavy atom. The number of ether oxygens (including phenoxy) is 2. The number of thiazole rings is 1. The van der Waals surface area contributed by atoms with Gasteiger partial charge in [-0.05, 0) is 45.9 Å². The first-order valence-corrected chi connectivity index (χ1v) is 11.4. The van der Waals surface area contributed by atoms with Crippen molar-refractivity contribution in [2.75, 3.05) is 7.11 Å². The lowest BCUT2D eigenvalue weighted by Crippen LogP contribution is -2.39. The minimum atomic E-state index is -0.617. The number of alkyl carbamates (subject to hydrolysis) is 1. The molecule has 1 atom stereocenters. The highest BCUT2D eigenvalue weighted by Crippen LogP contribution is 2.34. The molecule has 0 saturated heterocycles. The van der Waals surface area contributed by atoms with Crippen molar-refractivity contribution in [1.29, 1.82) is 0 Å². The number of dihydropyridines is 1. The van der Waals surface area contributed by atoms with Crippen molar-refractivity contribution in [3.05, 3.63) is 60.0 Å². The van der Waals surface area contributed by atoms with E-state index in [-0.39, 0.29) is 11.9 Å². The van der Waals surface area contributed by atoms with Gasteiger partial charge < -0.3 is 20.1 Å². The Kier molecular flexibility index (Phi) is 6.29. The topological polar surface area (TPSA) is 119 Å². The highest BCUT2D eigenvalue weighted by Gasteiger charge is 2.23. The number of carbonyl (C=O) groups excluding carboxylic acids is 2. The largest absolute Gasteiger partial charge is 0.481 e. The number of nitrogens with one attached hydrogen (secondary N) is 3. The van der Waals surface area contributed by atoms with Gasteiger partial charge in [-0.1, -0.05) is 0 Å². The Labute approximate surface area is 200 Å². The van der Waals surface area contributed by atoms with Crippen LogP contribution in [-0.2, 0) is 4.74 Å². The zero-order valence-electron chi connectivity index (χ0n) is 19.5. The molecule has 1 aliphatic heterocycles. The molecule has 0 radical (unpaired) electrons. The summed E-state index contributed by atoms with van der Waals surface area (Å²) in [4.78, 5) is 31.0. The fourth-order valence-corrected chi connectivity index (χ4v) is 4.36. The molecule has 4 heterocycles. The number of aromatic nitrogens is 3. The van der Waals surface area contributed by atoms with Crippen LogP contribution in [0, 0.1) is 0 Å². The SMILES string of the molecule is COc1ncccc1-c1cn2ncc(C(=O)NC3=CC(NC(=O)OC(C)(C)C)=CNC3C)c2s1. The fourth-order valence-electron chi connectivity index (χ4n) is 3.28. The van der Waals surface area contributed by atoms with Crippen molar-refractivity contribution in [1.82, 2.24) is 30.5 Å². The van der Waals surface area contributed by atoms with Gasteiger partial charge in [-0.15, -0.1) is 11.3 Å². The van der Waals surface area contributed by atoms with E-state index >= 15 is 0 Å². The average Bonchev–Trinajstić information content (AvgIpc) is 3.35. The lowest BCUT2D eigenvalue weighted by molar-refractivity contribution is 0.0547. The molecular weight excluding hydrogens is 456 g/mol. The summed E-state index contributed by atoms with van der Waals surface area (Å²) in [5, 5.41) is 13.1. The monoisotopic (exact) mass is 482 g/mol. The number of methoxy groups -OCH3 is 1. The number of pyridine rings is 1. The number of carbonyl (C=O) groups is 2. The quantitative estimate of drug-likeness (QED) is 0.510. The average molecular weight is 483 g/mol. The standard InChI is InChI=1S/C23H26N6O4S/c1-13-17(9-14(10-25-13)27-22(31)33-23(2,3)4)28-19(30)16-11-26-29-12-18(34-21(16)29)15-7-6-8-24-20(15)32-5/h6-13,25H,1-5H3,(H,27,31)(H,28,30). The summed E-state index contributed by atoms with van der Waals surface area (Å²) in [7, 11) is 1.57. The van der Waals surface area contributed by atoms with E-state index in [0.29, 0.717) is 27.7 Å². The van der Waals surface area contributed by atoms with Gasteiger partial charge in [0.2, 0.25) is 5.88 Å². The summed E-state index contributed by atoms with van der Waals surface area (Å²) in [6, 6.07) is 3.56. The summed E-state index contributed by atoms with van der Waals surface area (Å²) in [5.74, 6) is 0.196. The number of amides is 2. The van der Waals surface area contributed by atoms with E-state index < -0.39 is 11.7 Å². The number of allylic oxidation sites excluding steroid dienone is 1. The predicted octanol–water partition coefficient (Wildman–Crippen LogP) is 3.44. The van der Waals surface area contributed by atoms with Crippen LogP contribution in [0.3, 0.4) is 0 Å². The zero-order chi connectivity index (χ0) is 24.5. The van der Waals surface area contributed by atoms with Gasteiger partial charge in [0.15, 0.2) is 0 Å². The Balaban J connectivity index is 1.53.